The van der Waals surface area contributed by atoms with Crippen molar-refractivity contribution in [3.63, 3.8) is 0 Å². The second-order valence-corrected chi connectivity index (χ2v) is 7.18. The van der Waals surface area contributed by atoms with Gasteiger partial charge in [-0.3, -0.25) is 14.8 Å². The molecule has 3 rings (SSSR count). The first kappa shape index (κ1) is 19.2. The Kier molecular flexibility index (Phi) is 5.66. The molecule has 0 spiro atoms. The van der Waals surface area contributed by atoms with Gasteiger partial charge in [0.2, 0.25) is 0 Å². The van der Waals surface area contributed by atoms with Crippen LogP contribution in [-0.4, -0.2) is 29.5 Å². The van der Waals surface area contributed by atoms with E-state index in [1.165, 1.54) is 28.8 Å². The SMILES string of the molecule is Cc1cc(OCc2nnc(SCn3cc([N+](=O)[O-])cn3)n2C)cc(C)c1Cl. The predicted molar refractivity (Wildman–Crippen MR) is 101 cm³/mol. The summed E-state index contributed by atoms with van der Waals surface area (Å²) >= 11 is 7.54. The second kappa shape index (κ2) is 7.97. The van der Waals surface area contributed by atoms with Crippen LogP contribution in [0.25, 0.3) is 0 Å². The van der Waals surface area contributed by atoms with Gasteiger partial charge in [-0.25, -0.2) is 0 Å². The molecular weight excluding hydrogens is 392 g/mol. The molecule has 0 amide bonds. The third kappa shape index (κ3) is 4.40. The van der Waals surface area contributed by atoms with Crippen LogP contribution in [0.4, 0.5) is 5.69 Å². The zero-order chi connectivity index (χ0) is 19.6. The molecule has 0 fully saturated rings. The van der Waals surface area contributed by atoms with Crippen molar-refractivity contribution in [1.82, 2.24) is 24.5 Å². The van der Waals surface area contributed by atoms with Gasteiger partial charge in [0.25, 0.3) is 0 Å². The van der Waals surface area contributed by atoms with E-state index < -0.39 is 4.92 Å². The average molecular weight is 409 g/mol. The largest absolute Gasteiger partial charge is 0.486 e. The van der Waals surface area contributed by atoms with Crippen molar-refractivity contribution in [3.8, 4) is 5.75 Å². The van der Waals surface area contributed by atoms with Crippen molar-refractivity contribution in [1.29, 1.82) is 0 Å². The Labute approximate surface area is 164 Å². The van der Waals surface area contributed by atoms with E-state index in [9.17, 15) is 10.1 Å². The van der Waals surface area contributed by atoms with Gasteiger partial charge < -0.3 is 9.30 Å². The molecule has 0 radical (unpaired) electrons. The molecule has 1 aromatic carbocycles. The van der Waals surface area contributed by atoms with Crippen LogP contribution < -0.4 is 4.74 Å². The summed E-state index contributed by atoms with van der Waals surface area (Å²) in [5, 5.41) is 24.3. The Hall–Kier alpha value is -2.59. The van der Waals surface area contributed by atoms with Crippen molar-refractivity contribution < 1.29 is 9.66 Å². The van der Waals surface area contributed by atoms with Gasteiger partial charge in [0.15, 0.2) is 11.0 Å². The smallest absolute Gasteiger partial charge is 0.307 e. The van der Waals surface area contributed by atoms with E-state index in [4.69, 9.17) is 16.3 Å². The van der Waals surface area contributed by atoms with Crippen molar-refractivity contribution >= 4 is 29.1 Å². The molecule has 11 heteroatoms. The molecule has 0 aliphatic rings. The number of benzene rings is 1. The molecule has 0 bridgehead atoms. The Morgan fingerprint density at radius 3 is 2.63 bits per heavy atom. The minimum absolute atomic E-state index is 0.0452. The van der Waals surface area contributed by atoms with Gasteiger partial charge in [0, 0.05) is 12.1 Å². The molecule has 0 saturated carbocycles. The van der Waals surface area contributed by atoms with Crippen molar-refractivity contribution in [3.05, 3.63) is 56.6 Å². The van der Waals surface area contributed by atoms with Crippen LogP contribution >= 0.6 is 23.4 Å². The van der Waals surface area contributed by atoms with Crippen LogP contribution in [0.5, 0.6) is 5.75 Å². The number of hydrogen-bond donors (Lipinski definition) is 0. The van der Waals surface area contributed by atoms with Gasteiger partial charge in [-0.2, -0.15) is 5.10 Å². The highest BCUT2D eigenvalue weighted by Gasteiger charge is 2.13. The normalized spacial score (nSPS) is 11.0. The molecule has 0 aliphatic heterocycles. The highest BCUT2D eigenvalue weighted by molar-refractivity contribution is 7.98. The van der Waals surface area contributed by atoms with Crippen LogP contribution in [0.3, 0.4) is 0 Å². The maximum absolute atomic E-state index is 10.7. The molecule has 0 unspecified atom stereocenters. The highest BCUT2D eigenvalue weighted by Crippen LogP contribution is 2.26. The molecule has 9 nitrogen and oxygen atoms in total. The minimum atomic E-state index is -0.480. The van der Waals surface area contributed by atoms with E-state index in [0.717, 1.165) is 21.9 Å². The predicted octanol–water partition coefficient (Wildman–Crippen LogP) is 3.52. The van der Waals surface area contributed by atoms with Gasteiger partial charge in [0.1, 0.15) is 24.8 Å². The van der Waals surface area contributed by atoms with Crippen molar-refractivity contribution in [2.45, 2.75) is 31.5 Å². The first-order valence-corrected chi connectivity index (χ1v) is 9.29. The number of nitro groups is 1. The maximum atomic E-state index is 10.7. The lowest BCUT2D eigenvalue weighted by molar-refractivity contribution is -0.385. The Morgan fingerprint density at radius 2 is 2.00 bits per heavy atom. The molecule has 2 aromatic heterocycles. The summed E-state index contributed by atoms with van der Waals surface area (Å²) in [6.45, 7) is 4.12. The molecular formula is C16H17ClN6O3S. The van der Waals surface area contributed by atoms with Crippen molar-refractivity contribution in [2.75, 3.05) is 0 Å². The number of hydrogen-bond acceptors (Lipinski definition) is 7. The summed E-state index contributed by atoms with van der Waals surface area (Å²) in [5.74, 6) is 1.76. The van der Waals surface area contributed by atoms with E-state index in [2.05, 4.69) is 15.3 Å². The van der Waals surface area contributed by atoms with Crippen LogP contribution in [0, 0.1) is 24.0 Å². The number of rotatable bonds is 7. The lowest BCUT2D eigenvalue weighted by Crippen LogP contribution is -2.05. The maximum Gasteiger partial charge on any atom is 0.307 e. The number of halogens is 1. The zero-order valence-electron chi connectivity index (χ0n) is 14.9. The zero-order valence-corrected chi connectivity index (χ0v) is 16.5. The van der Waals surface area contributed by atoms with Crippen LogP contribution in [-0.2, 0) is 19.5 Å². The molecule has 142 valence electrons. The molecule has 0 aliphatic carbocycles. The standard InChI is InChI=1S/C16H17ClN6O3S/c1-10-4-13(5-11(2)15(10)17)26-8-14-19-20-16(21(14)3)27-9-22-7-12(6-18-22)23(24)25/h4-7H,8-9H2,1-3H3. The second-order valence-electron chi connectivity index (χ2n) is 5.89. The summed E-state index contributed by atoms with van der Waals surface area (Å²) in [4.78, 5) is 10.2. The van der Waals surface area contributed by atoms with Crippen LogP contribution in [0.15, 0.2) is 29.7 Å². The minimum Gasteiger partial charge on any atom is -0.486 e. The fourth-order valence-electron chi connectivity index (χ4n) is 2.38. The average Bonchev–Trinajstić information content (AvgIpc) is 3.23. The van der Waals surface area contributed by atoms with Crippen molar-refractivity contribution in [2.24, 2.45) is 7.05 Å². The summed E-state index contributed by atoms with van der Waals surface area (Å²) < 4.78 is 9.11. The van der Waals surface area contributed by atoms with E-state index in [1.54, 1.807) is 0 Å². The lowest BCUT2D eigenvalue weighted by Gasteiger charge is -2.10. The van der Waals surface area contributed by atoms with Gasteiger partial charge in [-0.15, -0.1) is 10.2 Å². The van der Waals surface area contributed by atoms with E-state index in [0.29, 0.717) is 16.9 Å². The van der Waals surface area contributed by atoms with Crippen LogP contribution in [0.2, 0.25) is 5.02 Å². The lowest BCUT2D eigenvalue weighted by atomic mass is 10.1. The monoisotopic (exact) mass is 408 g/mol. The first-order valence-electron chi connectivity index (χ1n) is 7.92. The third-order valence-electron chi connectivity index (χ3n) is 3.86. The van der Waals surface area contributed by atoms with E-state index in [-0.39, 0.29) is 12.3 Å². The number of thioether (sulfide) groups is 1. The molecule has 2 heterocycles. The van der Waals surface area contributed by atoms with Crippen LogP contribution in [0.1, 0.15) is 17.0 Å². The van der Waals surface area contributed by atoms with Gasteiger partial charge in [-0.1, -0.05) is 23.4 Å². The number of aryl methyl sites for hydroxylation is 2. The molecule has 0 N–H and O–H groups in total. The molecule has 3 aromatic rings. The number of ether oxygens (including phenoxy) is 1. The Morgan fingerprint density at radius 1 is 1.30 bits per heavy atom. The number of aromatic nitrogens is 5. The highest BCUT2D eigenvalue weighted by atomic mass is 35.5. The fourth-order valence-corrected chi connectivity index (χ4v) is 3.27. The topological polar surface area (TPSA) is 101 Å². The third-order valence-corrected chi connectivity index (χ3v) is 5.46. The first-order chi connectivity index (χ1) is 12.8. The number of nitrogens with zero attached hydrogens (tertiary/aromatic N) is 6. The molecule has 0 saturated heterocycles. The van der Waals surface area contributed by atoms with E-state index >= 15 is 0 Å². The summed E-state index contributed by atoms with van der Waals surface area (Å²) in [6, 6.07) is 3.76. The summed E-state index contributed by atoms with van der Waals surface area (Å²) in [5.41, 5.74) is 1.86. The molecule has 27 heavy (non-hydrogen) atoms. The summed E-state index contributed by atoms with van der Waals surface area (Å²) in [7, 11) is 1.84. The Balaban J connectivity index is 1.62. The fraction of sp³-hybridized carbons (Fsp3) is 0.312. The summed E-state index contributed by atoms with van der Waals surface area (Å²) in [6.07, 6.45) is 2.59. The van der Waals surface area contributed by atoms with Gasteiger partial charge in [0.05, 0.1) is 10.8 Å². The molecule has 0 atom stereocenters. The van der Waals surface area contributed by atoms with Gasteiger partial charge >= 0.3 is 5.69 Å². The van der Waals surface area contributed by atoms with E-state index in [1.807, 2.05) is 37.6 Å². The quantitative estimate of drug-likeness (QED) is 0.335. The van der Waals surface area contributed by atoms with Gasteiger partial charge in [-0.05, 0) is 37.1 Å². The Bertz CT molecular complexity index is 963.